The molecule has 5 atom stereocenters. The highest BCUT2D eigenvalue weighted by atomic mass is 16.7. The number of ether oxygens (including phenoxy) is 3. The minimum absolute atomic E-state index is 0.154. The van der Waals surface area contributed by atoms with Gasteiger partial charge in [-0.3, -0.25) is 0 Å². The highest BCUT2D eigenvalue weighted by Gasteiger charge is 2.58. The first-order valence-electron chi connectivity index (χ1n) is 8.84. The van der Waals surface area contributed by atoms with E-state index in [0.717, 1.165) is 24.0 Å². The van der Waals surface area contributed by atoms with Crippen LogP contribution in [-0.4, -0.2) is 35.9 Å². The summed E-state index contributed by atoms with van der Waals surface area (Å²) in [6.07, 6.45) is 5.43. The summed E-state index contributed by atoms with van der Waals surface area (Å²) >= 11 is 0. The van der Waals surface area contributed by atoms with E-state index in [0.29, 0.717) is 12.0 Å². The zero-order chi connectivity index (χ0) is 18.4. The van der Waals surface area contributed by atoms with E-state index in [-0.39, 0.29) is 18.0 Å². The number of carbonyl (C=O) groups excluding carboxylic acids is 2. The molecule has 2 saturated heterocycles. The van der Waals surface area contributed by atoms with Crippen molar-refractivity contribution in [2.45, 2.75) is 70.9 Å². The van der Waals surface area contributed by atoms with Crippen LogP contribution in [0.2, 0.25) is 0 Å². The lowest BCUT2D eigenvalue weighted by Gasteiger charge is -2.28. The first-order chi connectivity index (χ1) is 11.7. The fourth-order valence-electron chi connectivity index (χ4n) is 3.53. The maximum atomic E-state index is 12.6. The zero-order valence-corrected chi connectivity index (χ0v) is 15.3. The third-order valence-electron chi connectivity index (χ3n) is 5.47. The fraction of sp³-hybridized carbons (Fsp3) is 0.600. The van der Waals surface area contributed by atoms with Gasteiger partial charge in [0.2, 0.25) is 0 Å². The SMILES string of the molecule is C=C1C(=O)O[C@H]2/C=C(\C)CC/C=C(\C)C[C@@H](OC(=O)[C@@]3(C)O[C@@H]3C)[C@@H]12. The van der Waals surface area contributed by atoms with Crippen molar-refractivity contribution in [2.24, 2.45) is 5.92 Å². The molecule has 25 heavy (non-hydrogen) atoms. The Morgan fingerprint density at radius 2 is 2.04 bits per heavy atom. The molecule has 1 aliphatic carbocycles. The molecule has 2 aliphatic heterocycles. The van der Waals surface area contributed by atoms with Crippen LogP contribution < -0.4 is 0 Å². The molecule has 136 valence electrons. The minimum atomic E-state index is -0.890. The van der Waals surface area contributed by atoms with Crippen molar-refractivity contribution in [1.82, 2.24) is 0 Å². The normalized spacial score (nSPS) is 42.4. The Morgan fingerprint density at radius 3 is 2.68 bits per heavy atom. The van der Waals surface area contributed by atoms with E-state index >= 15 is 0 Å². The summed E-state index contributed by atoms with van der Waals surface area (Å²) in [4.78, 5) is 24.7. The van der Waals surface area contributed by atoms with Crippen LogP contribution in [0.4, 0.5) is 0 Å². The third kappa shape index (κ3) is 3.43. The van der Waals surface area contributed by atoms with Gasteiger partial charge in [-0.1, -0.05) is 23.8 Å². The van der Waals surface area contributed by atoms with Gasteiger partial charge in [0.05, 0.1) is 12.0 Å². The quantitative estimate of drug-likeness (QED) is 0.332. The van der Waals surface area contributed by atoms with Crippen LogP contribution in [-0.2, 0) is 23.8 Å². The van der Waals surface area contributed by atoms with Crippen molar-refractivity contribution in [1.29, 1.82) is 0 Å². The number of hydrogen-bond acceptors (Lipinski definition) is 5. The van der Waals surface area contributed by atoms with E-state index in [2.05, 4.69) is 12.7 Å². The average Bonchev–Trinajstić information content (AvgIpc) is 3.04. The Labute approximate surface area is 148 Å². The molecule has 0 aromatic carbocycles. The van der Waals surface area contributed by atoms with Crippen molar-refractivity contribution in [3.63, 3.8) is 0 Å². The van der Waals surface area contributed by atoms with Crippen LogP contribution in [0.3, 0.4) is 0 Å². The summed E-state index contributed by atoms with van der Waals surface area (Å²) in [5, 5.41) is 0. The van der Waals surface area contributed by atoms with Gasteiger partial charge in [-0.2, -0.15) is 0 Å². The van der Waals surface area contributed by atoms with Crippen LogP contribution in [0.15, 0.2) is 35.5 Å². The Morgan fingerprint density at radius 1 is 1.36 bits per heavy atom. The van der Waals surface area contributed by atoms with Gasteiger partial charge < -0.3 is 14.2 Å². The number of esters is 2. The molecule has 0 aromatic rings. The number of epoxide rings is 1. The lowest BCUT2D eigenvalue weighted by Crippen LogP contribution is -2.37. The van der Waals surface area contributed by atoms with Gasteiger partial charge in [-0.15, -0.1) is 0 Å². The van der Waals surface area contributed by atoms with E-state index < -0.39 is 23.8 Å². The van der Waals surface area contributed by atoms with Crippen LogP contribution in [0.1, 0.15) is 47.0 Å². The number of allylic oxidation sites excluding steroid dienone is 2. The van der Waals surface area contributed by atoms with Gasteiger partial charge in [0.1, 0.15) is 12.2 Å². The first-order valence-corrected chi connectivity index (χ1v) is 8.84. The van der Waals surface area contributed by atoms with Crippen molar-refractivity contribution in [2.75, 3.05) is 0 Å². The molecule has 5 heteroatoms. The molecular formula is C20H26O5. The molecule has 5 nitrogen and oxygen atoms in total. The molecule has 2 heterocycles. The molecule has 0 unspecified atom stereocenters. The summed E-state index contributed by atoms with van der Waals surface area (Å²) in [6.45, 7) is 11.5. The van der Waals surface area contributed by atoms with Crippen molar-refractivity contribution >= 4 is 11.9 Å². The van der Waals surface area contributed by atoms with Crippen LogP contribution in [0, 0.1) is 5.92 Å². The van der Waals surface area contributed by atoms with Crippen molar-refractivity contribution < 1.29 is 23.8 Å². The predicted octanol–water partition coefficient (Wildman–Crippen LogP) is 3.25. The monoisotopic (exact) mass is 346 g/mol. The van der Waals surface area contributed by atoms with Gasteiger partial charge in [0.15, 0.2) is 5.60 Å². The zero-order valence-electron chi connectivity index (χ0n) is 15.3. The molecule has 0 aromatic heterocycles. The second kappa shape index (κ2) is 6.45. The van der Waals surface area contributed by atoms with Gasteiger partial charge in [-0.05, 0) is 46.6 Å². The molecule has 3 aliphatic rings. The van der Waals surface area contributed by atoms with E-state index in [9.17, 15) is 9.59 Å². The molecular weight excluding hydrogens is 320 g/mol. The van der Waals surface area contributed by atoms with Gasteiger partial charge in [-0.25, -0.2) is 9.59 Å². The van der Waals surface area contributed by atoms with Crippen molar-refractivity contribution in [3.05, 3.63) is 35.5 Å². The maximum absolute atomic E-state index is 12.6. The van der Waals surface area contributed by atoms with Crippen LogP contribution in [0.5, 0.6) is 0 Å². The van der Waals surface area contributed by atoms with E-state index in [1.807, 2.05) is 26.8 Å². The number of rotatable bonds is 2. The number of hydrogen-bond donors (Lipinski definition) is 0. The standard InChI is InChI=1S/C20H26O5/c1-11-7-6-8-12(2)10-16(24-19(22)20(5)14(4)25-20)17-13(3)18(21)23-15(17)9-11/h8-9,14-17H,3,6-7,10H2,1-2,4-5H3/b11-9+,12-8+/t14-,15+,16-,17+,20+/m1/s1. The smallest absolute Gasteiger partial charge is 0.341 e. The lowest BCUT2D eigenvalue weighted by atomic mass is 9.85. The van der Waals surface area contributed by atoms with Gasteiger partial charge >= 0.3 is 11.9 Å². The topological polar surface area (TPSA) is 65.1 Å². The maximum Gasteiger partial charge on any atom is 0.341 e. The summed E-state index contributed by atoms with van der Waals surface area (Å²) < 4.78 is 16.7. The third-order valence-corrected chi connectivity index (χ3v) is 5.47. The first kappa shape index (κ1) is 17.9. The number of fused-ring (bicyclic) bond motifs is 1. The molecule has 2 fully saturated rings. The Balaban J connectivity index is 1.90. The van der Waals surface area contributed by atoms with E-state index in [1.165, 1.54) is 0 Å². The largest absolute Gasteiger partial charge is 0.459 e. The van der Waals surface area contributed by atoms with Crippen LogP contribution in [0.25, 0.3) is 0 Å². The van der Waals surface area contributed by atoms with Crippen molar-refractivity contribution in [3.8, 4) is 0 Å². The summed E-state index contributed by atoms with van der Waals surface area (Å²) in [6, 6.07) is 0. The predicted molar refractivity (Wildman–Crippen MR) is 92.7 cm³/mol. The molecule has 0 radical (unpaired) electrons. The highest BCUT2D eigenvalue weighted by molar-refractivity contribution is 5.91. The van der Waals surface area contributed by atoms with E-state index in [4.69, 9.17) is 14.2 Å². The van der Waals surface area contributed by atoms with Gasteiger partial charge in [0, 0.05) is 12.0 Å². The molecule has 0 amide bonds. The average molecular weight is 346 g/mol. The Kier molecular flexibility index (Phi) is 4.62. The second-order valence-electron chi connectivity index (χ2n) is 7.54. The Bertz CT molecular complexity index is 674. The van der Waals surface area contributed by atoms with Crippen LogP contribution >= 0.6 is 0 Å². The van der Waals surface area contributed by atoms with E-state index in [1.54, 1.807) is 6.92 Å². The summed E-state index contributed by atoms with van der Waals surface area (Å²) in [5.41, 5.74) is 1.77. The summed E-state index contributed by atoms with van der Waals surface area (Å²) in [5.74, 6) is -1.17. The van der Waals surface area contributed by atoms with Gasteiger partial charge in [0.25, 0.3) is 0 Å². The molecule has 0 saturated carbocycles. The lowest BCUT2D eigenvalue weighted by molar-refractivity contribution is -0.157. The second-order valence-corrected chi connectivity index (χ2v) is 7.54. The molecule has 0 spiro atoms. The fourth-order valence-corrected chi connectivity index (χ4v) is 3.53. The molecule has 3 rings (SSSR count). The molecule has 0 N–H and O–H groups in total. The Hall–Kier alpha value is -1.88. The number of carbonyl (C=O) groups is 2. The molecule has 0 bridgehead atoms. The summed E-state index contributed by atoms with van der Waals surface area (Å²) in [7, 11) is 0. The highest BCUT2D eigenvalue weighted by Crippen LogP contribution is 2.40. The minimum Gasteiger partial charge on any atom is -0.459 e.